The highest BCUT2D eigenvalue weighted by atomic mass is 35.7. The summed E-state index contributed by atoms with van der Waals surface area (Å²) < 4.78 is 26.8. The van der Waals surface area contributed by atoms with Gasteiger partial charge in [0.05, 0.1) is 11.9 Å². The lowest BCUT2D eigenvalue weighted by Gasteiger charge is -2.13. The minimum atomic E-state index is -3.51. The van der Waals surface area contributed by atoms with Crippen molar-refractivity contribution in [2.24, 2.45) is 0 Å². The molecular weight excluding hydrogens is 236 g/mol. The van der Waals surface area contributed by atoms with Crippen LogP contribution >= 0.6 is 10.7 Å². The minimum Gasteiger partial charge on any atom is -0.380 e. The predicted octanol–water partition coefficient (Wildman–Crippen LogP) is 1.81. The van der Waals surface area contributed by atoms with Gasteiger partial charge in [-0.25, -0.2) is 8.42 Å². The second-order valence-corrected chi connectivity index (χ2v) is 6.07. The van der Waals surface area contributed by atoms with E-state index in [-0.39, 0.29) is 5.75 Å². The van der Waals surface area contributed by atoms with Gasteiger partial charge in [-0.05, 0) is 12.0 Å². The molecule has 1 atom stereocenters. The van der Waals surface area contributed by atoms with Crippen LogP contribution in [-0.4, -0.2) is 27.4 Å². The van der Waals surface area contributed by atoms with E-state index in [0.717, 1.165) is 5.56 Å². The Kier molecular flexibility index (Phi) is 4.57. The number of benzene rings is 1. The number of hydrogen-bond donors (Lipinski definition) is 0. The van der Waals surface area contributed by atoms with E-state index < -0.39 is 15.2 Å². The summed E-state index contributed by atoms with van der Waals surface area (Å²) >= 11 is 0. The molecule has 0 N–H and O–H groups in total. The average Bonchev–Trinajstić information content (AvgIpc) is 2.16. The number of hydrogen-bond acceptors (Lipinski definition) is 3. The Labute approximate surface area is 94.4 Å². The maximum Gasteiger partial charge on any atom is 0.235 e. The van der Waals surface area contributed by atoms with Crippen molar-refractivity contribution in [2.45, 2.75) is 12.5 Å². The Morgan fingerprint density at radius 3 is 2.40 bits per heavy atom. The molecule has 1 aromatic carbocycles. The summed E-state index contributed by atoms with van der Waals surface area (Å²) in [5, 5.41) is 0. The van der Waals surface area contributed by atoms with Crippen LogP contribution in [0.15, 0.2) is 30.3 Å². The molecule has 0 aromatic heterocycles. The SMILES string of the molecule is CO[C@@H](Cc1ccccc1)CS(=O)(=O)Cl. The molecule has 0 radical (unpaired) electrons. The van der Waals surface area contributed by atoms with Crippen LogP contribution in [0, 0.1) is 0 Å². The summed E-state index contributed by atoms with van der Waals surface area (Å²) in [5.74, 6) is -0.167. The lowest BCUT2D eigenvalue weighted by molar-refractivity contribution is 0.121. The van der Waals surface area contributed by atoms with Crippen molar-refractivity contribution in [1.29, 1.82) is 0 Å². The summed E-state index contributed by atoms with van der Waals surface area (Å²) in [6, 6.07) is 9.55. The predicted molar refractivity (Wildman–Crippen MR) is 60.6 cm³/mol. The fourth-order valence-corrected chi connectivity index (χ4v) is 2.43. The van der Waals surface area contributed by atoms with E-state index in [9.17, 15) is 8.42 Å². The summed E-state index contributed by atoms with van der Waals surface area (Å²) in [4.78, 5) is 0. The molecule has 0 amide bonds. The standard InChI is InChI=1S/C10H13ClO3S/c1-14-10(8-15(11,12)13)7-9-5-3-2-4-6-9/h2-6,10H,7-8H2,1H3/t10-/m0/s1. The van der Waals surface area contributed by atoms with Gasteiger partial charge in [0.2, 0.25) is 9.05 Å². The highest BCUT2D eigenvalue weighted by Crippen LogP contribution is 2.09. The molecule has 0 unspecified atom stereocenters. The van der Waals surface area contributed by atoms with Crippen molar-refractivity contribution in [3.05, 3.63) is 35.9 Å². The van der Waals surface area contributed by atoms with Crippen molar-refractivity contribution in [3.63, 3.8) is 0 Å². The fourth-order valence-electron chi connectivity index (χ4n) is 1.31. The van der Waals surface area contributed by atoms with E-state index in [1.165, 1.54) is 7.11 Å². The Hall–Kier alpha value is -0.580. The minimum absolute atomic E-state index is 0.167. The highest BCUT2D eigenvalue weighted by Gasteiger charge is 2.16. The van der Waals surface area contributed by atoms with Crippen molar-refractivity contribution < 1.29 is 13.2 Å². The Morgan fingerprint density at radius 2 is 1.93 bits per heavy atom. The summed E-state index contributed by atoms with van der Waals surface area (Å²) in [6.07, 6.45) is 0.151. The lowest BCUT2D eigenvalue weighted by Crippen LogP contribution is -2.22. The summed E-state index contributed by atoms with van der Waals surface area (Å²) in [5.41, 5.74) is 1.03. The van der Waals surface area contributed by atoms with Gasteiger partial charge in [0, 0.05) is 17.8 Å². The van der Waals surface area contributed by atoms with Gasteiger partial charge in [0.1, 0.15) is 0 Å². The van der Waals surface area contributed by atoms with E-state index in [4.69, 9.17) is 15.4 Å². The van der Waals surface area contributed by atoms with Gasteiger partial charge in [-0.15, -0.1) is 0 Å². The zero-order valence-corrected chi connectivity index (χ0v) is 9.96. The Morgan fingerprint density at radius 1 is 1.33 bits per heavy atom. The molecule has 1 rings (SSSR count). The molecule has 0 heterocycles. The number of ether oxygens (including phenoxy) is 1. The smallest absolute Gasteiger partial charge is 0.235 e. The summed E-state index contributed by atoms with van der Waals surface area (Å²) in [6.45, 7) is 0. The molecule has 3 nitrogen and oxygen atoms in total. The lowest BCUT2D eigenvalue weighted by atomic mass is 10.1. The van der Waals surface area contributed by atoms with Crippen molar-refractivity contribution >= 4 is 19.7 Å². The zero-order chi connectivity index (χ0) is 11.3. The molecule has 0 spiro atoms. The highest BCUT2D eigenvalue weighted by molar-refractivity contribution is 8.13. The van der Waals surface area contributed by atoms with Crippen LogP contribution in [0.25, 0.3) is 0 Å². The first-order valence-electron chi connectivity index (χ1n) is 4.50. The van der Waals surface area contributed by atoms with E-state index in [1.54, 1.807) is 0 Å². The molecule has 0 bridgehead atoms. The van der Waals surface area contributed by atoms with Gasteiger partial charge >= 0.3 is 0 Å². The third-order valence-electron chi connectivity index (χ3n) is 2.02. The van der Waals surface area contributed by atoms with E-state index in [1.807, 2.05) is 30.3 Å². The monoisotopic (exact) mass is 248 g/mol. The van der Waals surface area contributed by atoms with Crippen LogP contribution in [-0.2, 0) is 20.2 Å². The third-order valence-corrected chi connectivity index (χ3v) is 3.17. The van der Waals surface area contributed by atoms with Crippen LogP contribution in [0.5, 0.6) is 0 Å². The normalized spacial score (nSPS) is 13.7. The molecule has 5 heteroatoms. The molecule has 0 saturated heterocycles. The topological polar surface area (TPSA) is 43.4 Å². The largest absolute Gasteiger partial charge is 0.380 e. The quantitative estimate of drug-likeness (QED) is 0.747. The number of halogens is 1. The first kappa shape index (κ1) is 12.5. The van der Waals surface area contributed by atoms with Crippen molar-refractivity contribution in [1.82, 2.24) is 0 Å². The molecule has 0 aliphatic heterocycles. The first-order chi connectivity index (χ1) is 7.01. The van der Waals surface area contributed by atoms with Crippen molar-refractivity contribution in [3.8, 4) is 0 Å². The Balaban J connectivity index is 2.63. The number of rotatable bonds is 5. The molecule has 0 saturated carbocycles. The maximum atomic E-state index is 10.9. The zero-order valence-electron chi connectivity index (χ0n) is 8.39. The van der Waals surface area contributed by atoms with Gasteiger partial charge in [-0.3, -0.25) is 0 Å². The molecular formula is C10H13ClO3S. The molecule has 0 aliphatic carbocycles. The molecule has 15 heavy (non-hydrogen) atoms. The number of methoxy groups -OCH3 is 1. The van der Waals surface area contributed by atoms with Crippen LogP contribution in [0.4, 0.5) is 0 Å². The first-order valence-corrected chi connectivity index (χ1v) is 6.98. The molecule has 84 valence electrons. The van der Waals surface area contributed by atoms with Gasteiger partial charge in [0.25, 0.3) is 0 Å². The van der Waals surface area contributed by atoms with Gasteiger partial charge < -0.3 is 4.74 Å². The van der Waals surface area contributed by atoms with E-state index in [0.29, 0.717) is 6.42 Å². The molecule has 1 aromatic rings. The van der Waals surface area contributed by atoms with Gasteiger partial charge in [0.15, 0.2) is 0 Å². The maximum absolute atomic E-state index is 10.9. The summed E-state index contributed by atoms with van der Waals surface area (Å²) in [7, 11) is 3.14. The third kappa shape index (κ3) is 5.16. The second kappa shape index (κ2) is 5.49. The van der Waals surface area contributed by atoms with E-state index in [2.05, 4.69) is 0 Å². The van der Waals surface area contributed by atoms with Gasteiger partial charge in [-0.1, -0.05) is 30.3 Å². The Bertz CT molecular complexity index is 388. The molecule has 0 aliphatic rings. The van der Waals surface area contributed by atoms with E-state index >= 15 is 0 Å². The second-order valence-electron chi connectivity index (χ2n) is 3.25. The van der Waals surface area contributed by atoms with Crippen LogP contribution < -0.4 is 0 Å². The van der Waals surface area contributed by atoms with Crippen LogP contribution in [0.2, 0.25) is 0 Å². The van der Waals surface area contributed by atoms with Gasteiger partial charge in [-0.2, -0.15) is 0 Å². The van der Waals surface area contributed by atoms with Crippen LogP contribution in [0.3, 0.4) is 0 Å². The fraction of sp³-hybridized carbons (Fsp3) is 0.400. The van der Waals surface area contributed by atoms with Crippen LogP contribution in [0.1, 0.15) is 5.56 Å². The average molecular weight is 249 g/mol. The molecule has 0 fully saturated rings. The van der Waals surface area contributed by atoms with Crippen molar-refractivity contribution in [2.75, 3.05) is 12.9 Å².